The van der Waals surface area contributed by atoms with E-state index in [0.29, 0.717) is 5.41 Å². The maximum atomic E-state index is 8.47. The van der Waals surface area contributed by atoms with Gasteiger partial charge in [-0.2, -0.15) is 0 Å². The van der Waals surface area contributed by atoms with Crippen LogP contribution >= 0.6 is 0 Å². The molecule has 0 heterocycles. The van der Waals surface area contributed by atoms with Crippen molar-refractivity contribution >= 4 is 5.71 Å². The van der Waals surface area contributed by atoms with Crippen molar-refractivity contribution in [1.29, 1.82) is 0 Å². The molecular weight excluding hydrogens is 126 g/mol. The zero-order chi connectivity index (χ0) is 7.03. The lowest BCUT2D eigenvalue weighted by Gasteiger charge is -2.20. The Bertz CT molecular complexity index is 158. The van der Waals surface area contributed by atoms with Crippen molar-refractivity contribution in [3.05, 3.63) is 0 Å². The highest BCUT2D eigenvalue weighted by Gasteiger charge is 2.43. The van der Waals surface area contributed by atoms with E-state index in [1.54, 1.807) is 0 Å². The van der Waals surface area contributed by atoms with Crippen molar-refractivity contribution < 1.29 is 5.21 Å². The quantitative estimate of drug-likeness (QED) is 0.405. The largest absolute Gasteiger partial charge is 0.411 e. The lowest BCUT2D eigenvalue weighted by atomic mass is 9.85. The molecule has 2 fully saturated rings. The Hall–Kier alpha value is -0.530. The second-order valence-corrected chi connectivity index (χ2v) is 3.67. The molecule has 2 aliphatic rings. The van der Waals surface area contributed by atoms with Gasteiger partial charge in [-0.1, -0.05) is 5.16 Å². The molecule has 0 radical (unpaired) electrons. The molecule has 0 amide bonds. The van der Waals surface area contributed by atoms with Crippen molar-refractivity contribution in [2.45, 2.75) is 38.5 Å². The number of hydrogen-bond donors (Lipinski definition) is 1. The molecular formula is C8H13NO. The van der Waals surface area contributed by atoms with Crippen LogP contribution in [0.1, 0.15) is 38.5 Å². The molecule has 10 heavy (non-hydrogen) atoms. The normalized spacial score (nSPS) is 28.6. The van der Waals surface area contributed by atoms with Crippen LogP contribution in [0.4, 0.5) is 0 Å². The Morgan fingerprint density at radius 3 is 2.10 bits per heavy atom. The van der Waals surface area contributed by atoms with Crippen LogP contribution < -0.4 is 0 Å². The van der Waals surface area contributed by atoms with E-state index in [0.717, 1.165) is 18.6 Å². The first-order valence-electron chi connectivity index (χ1n) is 4.04. The molecule has 2 aliphatic carbocycles. The highest BCUT2D eigenvalue weighted by molar-refractivity contribution is 5.84. The maximum absolute atomic E-state index is 8.47. The maximum Gasteiger partial charge on any atom is 0.0571 e. The summed E-state index contributed by atoms with van der Waals surface area (Å²) in [6.07, 6.45) is 7.46. The smallest absolute Gasteiger partial charge is 0.0571 e. The van der Waals surface area contributed by atoms with Gasteiger partial charge in [0.2, 0.25) is 0 Å². The average molecular weight is 139 g/mol. The third kappa shape index (κ3) is 0.917. The lowest BCUT2D eigenvalue weighted by molar-refractivity contribution is 0.308. The second-order valence-electron chi connectivity index (χ2n) is 3.67. The van der Waals surface area contributed by atoms with Gasteiger partial charge in [0.05, 0.1) is 5.71 Å². The van der Waals surface area contributed by atoms with Gasteiger partial charge in [0, 0.05) is 0 Å². The summed E-state index contributed by atoms with van der Waals surface area (Å²) < 4.78 is 0. The molecule has 2 rings (SSSR count). The summed E-state index contributed by atoms with van der Waals surface area (Å²) in [6.45, 7) is 0. The van der Waals surface area contributed by atoms with Gasteiger partial charge in [0.15, 0.2) is 0 Å². The summed E-state index contributed by atoms with van der Waals surface area (Å²) >= 11 is 0. The van der Waals surface area contributed by atoms with E-state index < -0.39 is 0 Å². The van der Waals surface area contributed by atoms with Gasteiger partial charge < -0.3 is 5.21 Å². The van der Waals surface area contributed by atoms with Gasteiger partial charge in [-0.15, -0.1) is 0 Å². The molecule has 56 valence electrons. The van der Waals surface area contributed by atoms with E-state index in [4.69, 9.17) is 5.21 Å². The highest BCUT2D eigenvalue weighted by Crippen LogP contribution is 2.55. The minimum atomic E-state index is 0.716. The fourth-order valence-electron chi connectivity index (χ4n) is 1.85. The monoisotopic (exact) mass is 139 g/mol. The number of hydrogen-bond acceptors (Lipinski definition) is 2. The van der Waals surface area contributed by atoms with E-state index in [-0.39, 0.29) is 0 Å². The standard InChI is InChI=1S/C8H13NO/c10-9-7-1-3-8(4-2-7)5-6-8/h10H,1-6H2. The van der Waals surface area contributed by atoms with Crippen molar-refractivity contribution in [2.75, 3.05) is 0 Å². The van der Waals surface area contributed by atoms with Gasteiger partial charge in [0.25, 0.3) is 0 Å². The Kier molecular flexibility index (Phi) is 1.22. The Morgan fingerprint density at radius 1 is 1.10 bits per heavy atom. The van der Waals surface area contributed by atoms with E-state index in [2.05, 4.69) is 5.16 Å². The zero-order valence-electron chi connectivity index (χ0n) is 6.14. The summed E-state index contributed by atoms with van der Waals surface area (Å²) in [4.78, 5) is 0. The molecule has 0 aromatic rings. The molecule has 0 aromatic carbocycles. The molecule has 0 unspecified atom stereocenters. The number of rotatable bonds is 0. The minimum Gasteiger partial charge on any atom is -0.411 e. The molecule has 1 N–H and O–H groups in total. The molecule has 2 saturated carbocycles. The van der Waals surface area contributed by atoms with Crippen LogP contribution in [0.2, 0.25) is 0 Å². The predicted molar refractivity (Wildman–Crippen MR) is 39.4 cm³/mol. The molecule has 2 heteroatoms. The lowest BCUT2D eigenvalue weighted by Crippen LogP contribution is -2.14. The Morgan fingerprint density at radius 2 is 1.70 bits per heavy atom. The molecule has 1 spiro atoms. The fourth-order valence-corrected chi connectivity index (χ4v) is 1.85. The first-order valence-corrected chi connectivity index (χ1v) is 4.04. The minimum absolute atomic E-state index is 0.716. The average Bonchev–Trinajstić information content (AvgIpc) is 2.72. The predicted octanol–water partition coefficient (Wildman–Crippen LogP) is 2.17. The van der Waals surface area contributed by atoms with Crippen LogP contribution in [0.25, 0.3) is 0 Å². The van der Waals surface area contributed by atoms with E-state index in [1.165, 1.54) is 25.7 Å². The summed E-state index contributed by atoms with van der Waals surface area (Å²) in [5.74, 6) is 0. The van der Waals surface area contributed by atoms with Crippen LogP contribution in [-0.4, -0.2) is 10.9 Å². The molecule has 0 bridgehead atoms. The topological polar surface area (TPSA) is 32.6 Å². The highest BCUT2D eigenvalue weighted by atomic mass is 16.4. The molecule has 0 aromatic heterocycles. The van der Waals surface area contributed by atoms with Crippen LogP contribution in [0.15, 0.2) is 5.16 Å². The third-order valence-corrected chi connectivity index (χ3v) is 2.99. The molecule has 0 saturated heterocycles. The van der Waals surface area contributed by atoms with Crippen LogP contribution in [0, 0.1) is 5.41 Å². The van der Waals surface area contributed by atoms with E-state index in [9.17, 15) is 0 Å². The van der Waals surface area contributed by atoms with Crippen molar-refractivity contribution in [3.63, 3.8) is 0 Å². The van der Waals surface area contributed by atoms with Crippen molar-refractivity contribution in [3.8, 4) is 0 Å². The molecule has 0 atom stereocenters. The first kappa shape index (κ1) is 6.20. The Balaban J connectivity index is 1.95. The van der Waals surface area contributed by atoms with Crippen LogP contribution in [0.3, 0.4) is 0 Å². The van der Waals surface area contributed by atoms with Gasteiger partial charge in [-0.05, 0) is 43.9 Å². The van der Waals surface area contributed by atoms with Crippen LogP contribution in [0.5, 0.6) is 0 Å². The molecule has 0 aliphatic heterocycles. The summed E-state index contributed by atoms with van der Waals surface area (Å²) in [6, 6.07) is 0. The van der Waals surface area contributed by atoms with Gasteiger partial charge in [0.1, 0.15) is 0 Å². The van der Waals surface area contributed by atoms with Crippen LogP contribution in [-0.2, 0) is 0 Å². The molecule has 2 nitrogen and oxygen atoms in total. The van der Waals surface area contributed by atoms with Gasteiger partial charge in [-0.25, -0.2) is 0 Å². The summed E-state index contributed by atoms with van der Waals surface area (Å²) in [5.41, 5.74) is 1.73. The number of nitrogens with zero attached hydrogens (tertiary/aromatic N) is 1. The first-order chi connectivity index (χ1) is 4.85. The summed E-state index contributed by atoms with van der Waals surface area (Å²) in [5, 5.41) is 11.7. The van der Waals surface area contributed by atoms with Gasteiger partial charge >= 0.3 is 0 Å². The zero-order valence-corrected chi connectivity index (χ0v) is 6.14. The van der Waals surface area contributed by atoms with Crippen molar-refractivity contribution in [2.24, 2.45) is 10.6 Å². The van der Waals surface area contributed by atoms with Gasteiger partial charge in [-0.3, -0.25) is 0 Å². The third-order valence-electron chi connectivity index (χ3n) is 2.99. The van der Waals surface area contributed by atoms with Crippen molar-refractivity contribution in [1.82, 2.24) is 0 Å². The second kappa shape index (κ2) is 1.97. The Labute approximate surface area is 60.9 Å². The SMILES string of the molecule is ON=C1CCC2(CC1)CC2. The summed E-state index contributed by atoms with van der Waals surface area (Å²) in [7, 11) is 0. The number of oxime groups is 1. The van der Waals surface area contributed by atoms with E-state index >= 15 is 0 Å². The van der Waals surface area contributed by atoms with E-state index in [1.807, 2.05) is 0 Å². The fraction of sp³-hybridized carbons (Fsp3) is 0.875.